The number of benzene rings is 2. The number of halogens is 1. The van der Waals surface area contributed by atoms with E-state index in [-0.39, 0.29) is 0 Å². The smallest absolute Gasteiger partial charge is 0.0434 e. The van der Waals surface area contributed by atoms with Crippen LogP contribution in [0.3, 0.4) is 0 Å². The van der Waals surface area contributed by atoms with Crippen molar-refractivity contribution in [3.8, 4) is 0 Å². The van der Waals surface area contributed by atoms with Gasteiger partial charge in [0.25, 0.3) is 0 Å². The molecule has 86 valence electrons. The maximum absolute atomic E-state index is 6.04. The Hall–Kier alpha value is -1.64. The van der Waals surface area contributed by atoms with Gasteiger partial charge < -0.3 is 0 Å². The van der Waals surface area contributed by atoms with Gasteiger partial charge in [-0.05, 0) is 29.0 Å². The Morgan fingerprint density at radius 3 is 2.78 bits per heavy atom. The fraction of sp³-hybridized carbons (Fsp3) is 0. The number of nitrogens with zero attached hydrogens (tertiary/aromatic N) is 1. The van der Waals surface area contributed by atoms with Gasteiger partial charge in [-0.3, -0.25) is 4.98 Å². The Kier molecular flexibility index (Phi) is 2.10. The molecule has 2 aromatic heterocycles. The van der Waals surface area contributed by atoms with Crippen LogP contribution in [-0.4, -0.2) is 4.98 Å². The van der Waals surface area contributed by atoms with Gasteiger partial charge in [0.1, 0.15) is 0 Å². The van der Waals surface area contributed by atoms with Gasteiger partial charge in [-0.15, -0.1) is 11.3 Å². The number of thiophene rings is 1. The predicted molar refractivity (Wildman–Crippen MR) is 79.6 cm³/mol. The second-order valence-corrected chi connectivity index (χ2v) is 5.77. The van der Waals surface area contributed by atoms with E-state index in [0.29, 0.717) is 0 Å². The van der Waals surface area contributed by atoms with Crippen molar-refractivity contribution >= 4 is 53.9 Å². The number of pyridine rings is 1. The fourth-order valence-corrected chi connectivity index (χ4v) is 3.76. The van der Waals surface area contributed by atoms with E-state index in [2.05, 4.69) is 29.2 Å². The van der Waals surface area contributed by atoms with Crippen molar-refractivity contribution in [2.75, 3.05) is 0 Å². The molecule has 2 aromatic carbocycles. The first-order valence-electron chi connectivity index (χ1n) is 5.67. The van der Waals surface area contributed by atoms with Crippen LogP contribution < -0.4 is 0 Å². The summed E-state index contributed by atoms with van der Waals surface area (Å²) in [6.45, 7) is 0. The highest BCUT2D eigenvalue weighted by Crippen LogP contribution is 2.38. The Balaban J connectivity index is 2.28. The van der Waals surface area contributed by atoms with Crippen LogP contribution in [0, 0.1) is 0 Å². The number of fused-ring (bicyclic) bond motifs is 5. The van der Waals surface area contributed by atoms with E-state index in [1.165, 1.54) is 30.9 Å². The van der Waals surface area contributed by atoms with Crippen molar-refractivity contribution in [3.05, 3.63) is 53.8 Å². The van der Waals surface area contributed by atoms with Gasteiger partial charge in [0, 0.05) is 37.6 Å². The highest BCUT2D eigenvalue weighted by Gasteiger charge is 2.08. The Morgan fingerprint density at radius 1 is 0.944 bits per heavy atom. The summed E-state index contributed by atoms with van der Waals surface area (Å²) in [5, 5.41) is 5.74. The zero-order valence-corrected chi connectivity index (χ0v) is 10.9. The molecule has 0 amide bonds. The summed E-state index contributed by atoms with van der Waals surface area (Å²) in [7, 11) is 0. The summed E-state index contributed by atoms with van der Waals surface area (Å²) in [6.07, 6.45) is 3.78. The number of rotatable bonds is 0. The van der Waals surface area contributed by atoms with Crippen molar-refractivity contribution in [1.82, 2.24) is 4.98 Å². The first kappa shape index (κ1) is 10.3. The third kappa shape index (κ3) is 1.36. The van der Waals surface area contributed by atoms with E-state index in [0.717, 1.165) is 5.02 Å². The first-order chi connectivity index (χ1) is 8.83. The molecule has 0 atom stereocenters. The van der Waals surface area contributed by atoms with Gasteiger partial charge in [0.05, 0.1) is 0 Å². The van der Waals surface area contributed by atoms with Crippen LogP contribution in [0.15, 0.2) is 48.8 Å². The molecule has 0 fully saturated rings. The van der Waals surface area contributed by atoms with Gasteiger partial charge in [-0.25, -0.2) is 0 Å². The van der Waals surface area contributed by atoms with Gasteiger partial charge in [0.2, 0.25) is 0 Å². The van der Waals surface area contributed by atoms with Gasteiger partial charge >= 0.3 is 0 Å². The van der Waals surface area contributed by atoms with Crippen molar-refractivity contribution in [3.63, 3.8) is 0 Å². The summed E-state index contributed by atoms with van der Waals surface area (Å²) >= 11 is 7.86. The van der Waals surface area contributed by atoms with E-state index in [1.807, 2.05) is 35.9 Å². The third-order valence-electron chi connectivity index (χ3n) is 3.22. The predicted octanol–water partition coefficient (Wildman–Crippen LogP) is 5.26. The Bertz CT molecular complexity index is 895. The van der Waals surface area contributed by atoms with Crippen LogP contribution in [0.4, 0.5) is 0 Å². The highest BCUT2D eigenvalue weighted by molar-refractivity contribution is 7.26. The van der Waals surface area contributed by atoms with E-state index in [1.54, 1.807) is 0 Å². The molecule has 0 aliphatic rings. The highest BCUT2D eigenvalue weighted by atomic mass is 35.5. The molecule has 1 nitrogen and oxygen atoms in total. The summed E-state index contributed by atoms with van der Waals surface area (Å²) in [6, 6.07) is 12.4. The zero-order valence-electron chi connectivity index (χ0n) is 9.35. The lowest BCUT2D eigenvalue weighted by atomic mass is 10.1. The van der Waals surface area contributed by atoms with Crippen molar-refractivity contribution < 1.29 is 0 Å². The van der Waals surface area contributed by atoms with E-state index >= 15 is 0 Å². The summed E-state index contributed by atoms with van der Waals surface area (Å²) in [4.78, 5) is 4.21. The van der Waals surface area contributed by atoms with Crippen LogP contribution in [0.1, 0.15) is 0 Å². The standard InChI is InChI=1S/C15H8ClNS/c16-10-2-4-11-9(7-10)1-3-12-13-8-17-6-5-14(13)18-15(11)12/h1-8H. The molecular formula is C15H8ClNS. The molecule has 0 radical (unpaired) electrons. The molecule has 0 bridgehead atoms. The second-order valence-electron chi connectivity index (χ2n) is 4.28. The van der Waals surface area contributed by atoms with Gasteiger partial charge in [-0.1, -0.05) is 29.8 Å². The van der Waals surface area contributed by atoms with Crippen molar-refractivity contribution in [2.24, 2.45) is 0 Å². The summed E-state index contributed by atoms with van der Waals surface area (Å²) in [5.41, 5.74) is 0. The van der Waals surface area contributed by atoms with Crippen LogP contribution in [0.25, 0.3) is 30.9 Å². The lowest BCUT2D eigenvalue weighted by Gasteiger charge is -2.00. The van der Waals surface area contributed by atoms with Crippen LogP contribution in [0.2, 0.25) is 5.02 Å². The minimum absolute atomic E-state index is 0.782. The minimum Gasteiger partial charge on any atom is -0.264 e. The molecule has 3 heteroatoms. The maximum atomic E-state index is 6.04. The summed E-state index contributed by atoms with van der Waals surface area (Å²) in [5.74, 6) is 0. The molecule has 18 heavy (non-hydrogen) atoms. The molecule has 2 heterocycles. The van der Waals surface area contributed by atoms with Crippen LogP contribution in [-0.2, 0) is 0 Å². The normalized spacial score (nSPS) is 11.6. The number of hydrogen-bond donors (Lipinski definition) is 0. The van der Waals surface area contributed by atoms with Crippen molar-refractivity contribution in [1.29, 1.82) is 0 Å². The van der Waals surface area contributed by atoms with Crippen LogP contribution >= 0.6 is 22.9 Å². The van der Waals surface area contributed by atoms with Crippen LogP contribution in [0.5, 0.6) is 0 Å². The molecule has 0 aliphatic heterocycles. The Labute approximate surface area is 113 Å². The molecule has 0 unspecified atom stereocenters. The molecule has 4 aromatic rings. The van der Waals surface area contributed by atoms with Crippen molar-refractivity contribution in [2.45, 2.75) is 0 Å². The largest absolute Gasteiger partial charge is 0.264 e. The second kappa shape index (κ2) is 3.67. The Morgan fingerprint density at radius 2 is 1.83 bits per heavy atom. The quantitative estimate of drug-likeness (QED) is 0.424. The zero-order chi connectivity index (χ0) is 12.1. The molecule has 0 N–H and O–H groups in total. The molecule has 0 saturated heterocycles. The average Bonchev–Trinajstić information content (AvgIpc) is 2.77. The topological polar surface area (TPSA) is 12.9 Å². The van der Waals surface area contributed by atoms with Gasteiger partial charge in [0.15, 0.2) is 0 Å². The SMILES string of the molecule is Clc1ccc2c(ccc3c4cnccc4sc23)c1. The van der Waals surface area contributed by atoms with E-state index < -0.39 is 0 Å². The lowest BCUT2D eigenvalue weighted by Crippen LogP contribution is -1.73. The molecule has 0 aliphatic carbocycles. The summed E-state index contributed by atoms with van der Waals surface area (Å²) < 4.78 is 2.59. The minimum atomic E-state index is 0.782. The monoisotopic (exact) mass is 269 g/mol. The molecule has 0 saturated carbocycles. The maximum Gasteiger partial charge on any atom is 0.0434 e. The third-order valence-corrected chi connectivity index (χ3v) is 4.67. The number of aromatic nitrogens is 1. The average molecular weight is 270 g/mol. The molecule has 0 spiro atoms. The van der Waals surface area contributed by atoms with E-state index in [9.17, 15) is 0 Å². The number of hydrogen-bond acceptors (Lipinski definition) is 2. The molecular weight excluding hydrogens is 262 g/mol. The molecule has 4 rings (SSSR count). The first-order valence-corrected chi connectivity index (χ1v) is 6.87. The fourth-order valence-electron chi connectivity index (χ4n) is 2.38. The van der Waals surface area contributed by atoms with E-state index in [4.69, 9.17) is 11.6 Å². The lowest BCUT2D eigenvalue weighted by molar-refractivity contribution is 1.37. The van der Waals surface area contributed by atoms with Gasteiger partial charge in [-0.2, -0.15) is 0 Å².